The van der Waals surface area contributed by atoms with E-state index in [2.05, 4.69) is 27.4 Å². The minimum absolute atomic E-state index is 0.795. The van der Waals surface area contributed by atoms with Crippen LogP contribution in [0.5, 0.6) is 5.75 Å². The SMILES string of the molecule is COc1ccc(N)c(SCc2sccc2Br)c1. The fourth-order valence-electron chi connectivity index (χ4n) is 1.34. The molecule has 0 radical (unpaired) electrons. The van der Waals surface area contributed by atoms with Crippen LogP contribution < -0.4 is 10.5 Å². The number of thiophene rings is 1. The van der Waals surface area contributed by atoms with Crippen LogP contribution in [-0.4, -0.2) is 7.11 Å². The summed E-state index contributed by atoms with van der Waals surface area (Å²) in [6.45, 7) is 0. The Balaban J connectivity index is 2.11. The molecule has 0 aliphatic rings. The first-order chi connectivity index (χ1) is 8.20. The Labute approximate surface area is 117 Å². The number of benzene rings is 1. The Morgan fingerprint density at radius 2 is 2.24 bits per heavy atom. The quantitative estimate of drug-likeness (QED) is 0.667. The molecule has 0 fully saturated rings. The van der Waals surface area contributed by atoms with Gasteiger partial charge in [0.05, 0.1) is 7.11 Å². The van der Waals surface area contributed by atoms with Crippen LogP contribution in [0.1, 0.15) is 4.88 Å². The molecule has 0 amide bonds. The zero-order valence-corrected chi connectivity index (χ0v) is 12.5. The molecule has 5 heteroatoms. The Bertz CT molecular complexity index is 513. The van der Waals surface area contributed by atoms with Gasteiger partial charge in [0.25, 0.3) is 0 Å². The Hall–Kier alpha value is -0.650. The van der Waals surface area contributed by atoms with Crippen molar-refractivity contribution in [1.82, 2.24) is 0 Å². The number of nitrogen functional groups attached to an aromatic ring is 1. The van der Waals surface area contributed by atoms with Crippen molar-refractivity contribution in [3.8, 4) is 5.75 Å². The predicted molar refractivity (Wildman–Crippen MR) is 79.0 cm³/mol. The second kappa shape index (κ2) is 5.80. The van der Waals surface area contributed by atoms with E-state index in [9.17, 15) is 0 Å². The van der Waals surface area contributed by atoms with Crippen LogP contribution in [0.4, 0.5) is 5.69 Å². The molecule has 90 valence electrons. The maximum atomic E-state index is 5.94. The lowest BCUT2D eigenvalue weighted by Gasteiger charge is -2.07. The highest BCUT2D eigenvalue weighted by Crippen LogP contribution is 2.34. The lowest BCUT2D eigenvalue weighted by molar-refractivity contribution is 0.414. The van der Waals surface area contributed by atoms with Crippen molar-refractivity contribution in [3.63, 3.8) is 0 Å². The fraction of sp³-hybridized carbons (Fsp3) is 0.167. The van der Waals surface area contributed by atoms with Gasteiger partial charge >= 0.3 is 0 Å². The van der Waals surface area contributed by atoms with E-state index in [1.807, 2.05) is 18.2 Å². The highest BCUT2D eigenvalue weighted by atomic mass is 79.9. The van der Waals surface area contributed by atoms with Crippen molar-refractivity contribution < 1.29 is 4.74 Å². The summed E-state index contributed by atoms with van der Waals surface area (Å²) >= 11 is 7.00. The van der Waals surface area contributed by atoms with E-state index in [1.54, 1.807) is 30.2 Å². The Morgan fingerprint density at radius 1 is 1.41 bits per heavy atom. The maximum absolute atomic E-state index is 5.94. The van der Waals surface area contributed by atoms with Crippen molar-refractivity contribution in [2.24, 2.45) is 0 Å². The molecule has 0 saturated heterocycles. The van der Waals surface area contributed by atoms with Crippen molar-refractivity contribution in [3.05, 3.63) is 39.0 Å². The van der Waals surface area contributed by atoms with Gasteiger partial charge in [-0.15, -0.1) is 23.1 Å². The standard InChI is InChI=1S/C12H12BrNOS2/c1-15-8-2-3-10(14)11(6-8)17-7-12-9(13)4-5-16-12/h2-6H,7,14H2,1H3. The second-order valence-corrected chi connectivity index (χ2v) is 6.26. The molecule has 0 bridgehead atoms. The Morgan fingerprint density at radius 3 is 2.88 bits per heavy atom. The first kappa shape index (κ1) is 12.8. The van der Waals surface area contributed by atoms with E-state index in [0.29, 0.717) is 0 Å². The number of rotatable bonds is 4. The molecule has 17 heavy (non-hydrogen) atoms. The molecule has 0 aliphatic heterocycles. The zero-order chi connectivity index (χ0) is 12.3. The number of anilines is 1. The highest BCUT2D eigenvalue weighted by Gasteiger charge is 2.06. The number of methoxy groups -OCH3 is 1. The first-order valence-electron chi connectivity index (χ1n) is 4.99. The highest BCUT2D eigenvalue weighted by molar-refractivity contribution is 9.10. The molecule has 1 aromatic heterocycles. The van der Waals surface area contributed by atoms with Crippen molar-refractivity contribution in [2.45, 2.75) is 10.6 Å². The van der Waals surface area contributed by atoms with Gasteiger partial charge in [-0.2, -0.15) is 0 Å². The molecule has 0 spiro atoms. The predicted octanol–water partition coefficient (Wildman–Crippen LogP) is 4.39. The van der Waals surface area contributed by atoms with Crippen LogP contribution in [0.15, 0.2) is 39.0 Å². The van der Waals surface area contributed by atoms with Gasteiger partial charge in [-0.3, -0.25) is 0 Å². The van der Waals surface area contributed by atoms with Gasteiger partial charge in [-0.05, 0) is 45.6 Å². The monoisotopic (exact) mass is 329 g/mol. The molecule has 1 aromatic carbocycles. The van der Waals surface area contributed by atoms with E-state index in [-0.39, 0.29) is 0 Å². The van der Waals surface area contributed by atoms with Crippen LogP contribution in [0.3, 0.4) is 0 Å². The number of thioether (sulfide) groups is 1. The van der Waals surface area contributed by atoms with E-state index in [4.69, 9.17) is 10.5 Å². The first-order valence-corrected chi connectivity index (χ1v) is 7.64. The number of hydrogen-bond donors (Lipinski definition) is 1. The number of nitrogens with two attached hydrogens (primary N) is 1. The smallest absolute Gasteiger partial charge is 0.120 e. The van der Waals surface area contributed by atoms with Crippen molar-refractivity contribution >= 4 is 44.7 Å². The minimum Gasteiger partial charge on any atom is -0.497 e. The fourth-order valence-corrected chi connectivity index (χ4v) is 4.13. The van der Waals surface area contributed by atoms with Crippen LogP contribution in [0.25, 0.3) is 0 Å². The summed E-state index contributed by atoms with van der Waals surface area (Å²) in [5.41, 5.74) is 6.73. The minimum atomic E-state index is 0.795. The van der Waals surface area contributed by atoms with E-state index in [0.717, 1.165) is 26.6 Å². The maximum Gasteiger partial charge on any atom is 0.120 e. The summed E-state index contributed by atoms with van der Waals surface area (Å²) in [4.78, 5) is 2.38. The molecule has 2 N–H and O–H groups in total. The van der Waals surface area contributed by atoms with E-state index >= 15 is 0 Å². The third kappa shape index (κ3) is 3.18. The molecular weight excluding hydrogens is 318 g/mol. The molecule has 0 saturated carbocycles. The summed E-state index contributed by atoms with van der Waals surface area (Å²) in [6, 6.07) is 7.79. The zero-order valence-electron chi connectivity index (χ0n) is 9.27. The van der Waals surface area contributed by atoms with Crippen LogP contribution in [0, 0.1) is 0 Å². The molecule has 1 heterocycles. The number of halogens is 1. The normalized spacial score (nSPS) is 10.5. The summed E-state index contributed by atoms with van der Waals surface area (Å²) < 4.78 is 6.36. The third-order valence-electron chi connectivity index (χ3n) is 2.27. The van der Waals surface area contributed by atoms with Gasteiger partial charge in [0.15, 0.2) is 0 Å². The second-order valence-electron chi connectivity index (χ2n) is 3.38. The number of hydrogen-bond acceptors (Lipinski definition) is 4. The van der Waals surface area contributed by atoms with E-state index < -0.39 is 0 Å². The summed E-state index contributed by atoms with van der Waals surface area (Å²) in [5, 5.41) is 2.08. The largest absolute Gasteiger partial charge is 0.497 e. The van der Waals surface area contributed by atoms with Crippen LogP contribution in [0.2, 0.25) is 0 Å². The molecule has 2 nitrogen and oxygen atoms in total. The average molecular weight is 330 g/mol. The van der Waals surface area contributed by atoms with Gasteiger partial charge in [0.1, 0.15) is 5.75 Å². The van der Waals surface area contributed by atoms with Gasteiger partial charge in [0, 0.05) is 25.7 Å². The molecule has 0 atom stereocenters. The average Bonchev–Trinajstić information content (AvgIpc) is 2.74. The van der Waals surface area contributed by atoms with Gasteiger partial charge in [-0.25, -0.2) is 0 Å². The lowest BCUT2D eigenvalue weighted by Crippen LogP contribution is -1.90. The van der Waals surface area contributed by atoms with Crippen molar-refractivity contribution in [1.29, 1.82) is 0 Å². The van der Waals surface area contributed by atoms with Gasteiger partial charge in [0.2, 0.25) is 0 Å². The van der Waals surface area contributed by atoms with E-state index in [1.165, 1.54) is 4.88 Å². The molecule has 0 aliphatic carbocycles. The van der Waals surface area contributed by atoms with Gasteiger partial charge < -0.3 is 10.5 Å². The lowest BCUT2D eigenvalue weighted by atomic mass is 10.3. The van der Waals surface area contributed by atoms with Crippen molar-refractivity contribution in [2.75, 3.05) is 12.8 Å². The summed E-state index contributed by atoms with van der Waals surface area (Å²) in [5.74, 6) is 1.75. The third-order valence-corrected chi connectivity index (χ3v) is 5.48. The molecule has 2 rings (SSSR count). The molecule has 2 aromatic rings. The number of ether oxygens (including phenoxy) is 1. The summed E-state index contributed by atoms with van der Waals surface area (Å²) in [7, 11) is 1.66. The van der Waals surface area contributed by atoms with Gasteiger partial charge in [-0.1, -0.05) is 0 Å². The molecular formula is C12H12BrNOS2. The molecule has 0 unspecified atom stereocenters. The summed E-state index contributed by atoms with van der Waals surface area (Å²) in [6.07, 6.45) is 0. The topological polar surface area (TPSA) is 35.2 Å². The Kier molecular flexibility index (Phi) is 4.36. The van der Waals surface area contributed by atoms with Crippen LogP contribution >= 0.6 is 39.0 Å². The van der Waals surface area contributed by atoms with Crippen LogP contribution in [-0.2, 0) is 5.75 Å².